The first-order valence-corrected chi connectivity index (χ1v) is 6.85. The van der Waals surface area contributed by atoms with Gasteiger partial charge in [-0.1, -0.05) is 12.5 Å². The molecular weight excluding hydrogens is 214 g/mol. The lowest BCUT2D eigenvalue weighted by Gasteiger charge is -2.44. The van der Waals surface area contributed by atoms with Crippen LogP contribution in [0.1, 0.15) is 39.0 Å². The Morgan fingerprint density at radius 1 is 1.29 bits per heavy atom. The second kappa shape index (κ2) is 6.20. The molecule has 0 aliphatic carbocycles. The molecule has 2 heterocycles. The highest BCUT2D eigenvalue weighted by Gasteiger charge is 2.33. The van der Waals surface area contributed by atoms with Gasteiger partial charge < -0.3 is 4.74 Å². The molecule has 0 spiro atoms. The van der Waals surface area contributed by atoms with Crippen LogP contribution in [0, 0.1) is 5.92 Å². The second-order valence-electron chi connectivity index (χ2n) is 5.13. The minimum absolute atomic E-state index is 0.194. The third-order valence-corrected chi connectivity index (χ3v) is 3.97. The molecule has 0 aromatic heterocycles. The van der Waals surface area contributed by atoms with Crippen molar-refractivity contribution in [2.45, 2.75) is 45.1 Å². The molecule has 2 aliphatic heterocycles. The molecule has 0 unspecified atom stereocenters. The number of hydrogen-bond acceptors (Lipinski definition) is 3. The van der Waals surface area contributed by atoms with Crippen molar-refractivity contribution in [3.63, 3.8) is 0 Å². The number of esters is 1. The summed E-state index contributed by atoms with van der Waals surface area (Å²) < 4.78 is 5.32. The zero-order valence-corrected chi connectivity index (χ0v) is 10.7. The molecule has 3 heteroatoms. The average Bonchev–Trinajstić information content (AvgIpc) is 2.36. The van der Waals surface area contributed by atoms with E-state index in [9.17, 15) is 4.79 Å². The molecule has 0 saturated carbocycles. The highest BCUT2D eigenvalue weighted by atomic mass is 16.5. The van der Waals surface area contributed by atoms with Crippen LogP contribution in [0.5, 0.6) is 0 Å². The Morgan fingerprint density at radius 2 is 2.12 bits per heavy atom. The zero-order valence-electron chi connectivity index (χ0n) is 10.7. The van der Waals surface area contributed by atoms with Crippen molar-refractivity contribution < 1.29 is 9.53 Å². The predicted molar refractivity (Wildman–Crippen MR) is 67.7 cm³/mol. The van der Waals surface area contributed by atoms with Gasteiger partial charge in [-0.15, -0.1) is 0 Å². The van der Waals surface area contributed by atoms with Crippen LogP contribution in [0.3, 0.4) is 0 Å². The molecule has 2 aliphatic rings. The summed E-state index contributed by atoms with van der Waals surface area (Å²) in [6.07, 6.45) is 9.65. The van der Waals surface area contributed by atoms with E-state index < -0.39 is 0 Å². The number of hydrogen-bond donors (Lipinski definition) is 0. The lowest BCUT2D eigenvalue weighted by atomic mass is 9.84. The van der Waals surface area contributed by atoms with Crippen LogP contribution in [-0.4, -0.2) is 36.6 Å². The first kappa shape index (κ1) is 12.6. The van der Waals surface area contributed by atoms with Crippen molar-refractivity contribution in [2.24, 2.45) is 5.92 Å². The SMILES string of the molecule is CC=CC(=O)OC[C@H]1CCCN2CCCC[C@H]12. The number of ether oxygens (including phenoxy) is 1. The molecule has 2 atom stereocenters. The van der Waals surface area contributed by atoms with Crippen LogP contribution in [0.15, 0.2) is 12.2 Å². The topological polar surface area (TPSA) is 29.5 Å². The van der Waals surface area contributed by atoms with Crippen LogP contribution >= 0.6 is 0 Å². The fourth-order valence-corrected chi connectivity index (χ4v) is 3.14. The van der Waals surface area contributed by atoms with Crippen molar-refractivity contribution >= 4 is 5.97 Å². The van der Waals surface area contributed by atoms with Gasteiger partial charge in [0.25, 0.3) is 0 Å². The Kier molecular flexibility index (Phi) is 4.60. The summed E-state index contributed by atoms with van der Waals surface area (Å²) in [4.78, 5) is 13.9. The summed E-state index contributed by atoms with van der Waals surface area (Å²) in [7, 11) is 0. The normalized spacial score (nSPS) is 30.2. The van der Waals surface area contributed by atoms with Gasteiger partial charge in [0.2, 0.25) is 0 Å². The predicted octanol–water partition coefficient (Wildman–Crippen LogP) is 2.37. The molecule has 2 saturated heterocycles. The molecule has 0 aromatic carbocycles. The molecule has 2 fully saturated rings. The Morgan fingerprint density at radius 3 is 2.94 bits per heavy atom. The number of rotatable bonds is 3. The summed E-state index contributed by atoms with van der Waals surface area (Å²) in [6.45, 7) is 4.92. The van der Waals surface area contributed by atoms with Crippen molar-refractivity contribution in [1.82, 2.24) is 4.90 Å². The van der Waals surface area contributed by atoms with E-state index >= 15 is 0 Å². The maximum Gasteiger partial charge on any atom is 0.330 e. The molecule has 17 heavy (non-hydrogen) atoms. The Hall–Kier alpha value is -0.830. The van der Waals surface area contributed by atoms with E-state index in [1.165, 1.54) is 51.3 Å². The third kappa shape index (κ3) is 3.32. The molecule has 0 N–H and O–H groups in total. The number of carbonyl (C=O) groups is 1. The smallest absolute Gasteiger partial charge is 0.330 e. The fourth-order valence-electron chi connectivity index (χ4n) is 3.14. The van der Waals surface area contributed by atoms with Crippen molar-refractivity contribution in [1.29, 1.82) is 0 Å². The molecule has 0 aromatic rings. The van der Waals surface area contributed by atoms with Gasteiger partial charge in [-0.3, -0.25) is 4.90 Å². The number of allylic oxidation sites excluding steroid dienone is 1. The van der Waals surface area contributed by atoms with Crippen LogP contribution < -0.4 is 0 Å². The van der Waals surface area contributed by atoms with Gasteiger partial charge in [-0.2, -0.15) is 0 Å². The van der Waals surface area contributed by atoms with E-state index in [2.05, 4.69) is 4.90 Å². The van der Waals surface area contributed by atoms with E-state index in [1.54, 1.807) is 6.08 Å². The van der Waals surface area contributed by atoms with E-state index in [-0.39, 0.29) is 5.97 Å². The quantitative estimate of drug-likeness (QED) is 0.557. The fraction of sp³-hybridized carbons (Fsp3) is 0.786. The highest BCUT2D eigenvalue weighted by molar-refractivity contribution is 5.81. The van der Waals surface area contributed by atoms with Gasteiger partial charge in [0.05, 0.1) is 6.61 Å². The number of fused-ring (bicyclic) bond motifs is 1. The first-order chi connectivity index (χ1) is 8.31. The average molecular weight is 237 g/mol. The molecular formula is C14H23NO2. The maximum atomic E-state index is 11.3. The number of piperidine rings is 2. The summed E-state index contributed by atoms with van der Waals surface area (Å²) in [5.74, 6) is 0.360. The second-order valence-corrected chi connectivity index (χ2v) is 5.13. The Bertz CT molecular complexity index is 286. The largest absolute Gasteiger partial charge is 0.462 e. The van der Waals surface area contributed by atoms with E-state index in [0.717, 1.165) is 0 Å². The number of carbonyl (C=O) groups excluding carboxylic acids is 1. The van der Waals surface area contributed by atoms with Crippen LogP contribution in [-0.2, 0) is 9.53 Å². The standard InChI is InChI=1S/C14H23NO2/c1-2-6-14(16)17-11-12-7-5-10-15-9-4-3-8-13(12)15/h2,6,12-13H,3-5,7-11H2,1H3/t12-,13-/m1/s1. The Labute approximate surface area is 104 Å². The van der Waals surface area contributed by atoms with Crippen LogP contribution in [0.4, 0.5) is 0 Å². The van der Waals surface area contributed by atoms with Gasteiger partial charge >= 0.3 is 5.97 Å². The molecule has 0 bridgehead atoms. The Balaban J connectivity index is 1.84. The van der Waals surface area contributed by atoms with E-state index in [0.29, 0.717) is 18.6 Å². The third-order valence-electron chi connectivity index (χ3n) is 3.97. The maximum absolute atomic E-state index is 11.3. The summed E-state index contributed by atoms with van der Waals surface area (Å²) >= 11 is 0. The molecule has 0 amide bonds. The lowest BCUT2D eigenvalue weighted by molar-refractivity contribution is -0.140. The summed E-state index contributed by atoms with van der Waals surface area (Å²) in [5, 5.41) is 0. The molecule has 2 rings (SSSR count). The highest BCUT2D eigenvalue weighted by Crippen LogP contribution is 2.30. The zero-order chi connectivity index (χ0) is 12.1. The van der Waals surface area contributed by atoms with Crippen molar-refractivity contribution in [3.8, 4) is 0 Å². The van der Waals surface area contributed by atoms with E-state index in [1.807, 2.05) is 6.92 Å². The van der Waals surface area contributed by atoms with E-state index in [4.69, 9.17) is 4.74 Å². The van der Waals surface area contributed by atoms with Crippen molar-refractivity contribution in [3.05, 3.63) is 12.2 Å². The lowest BCUT2D eigenvalue weighted by Crippen LogP contribution is -2.49. The van der Waals surface area contributed by atoms with Gasteiger partial charge in [-0.05, 0) is 45.7 Å². The van der Waals surface area contributed by atoms with Crippen LogP contribution in [0.25, 0.3) is 0 Å². The van der Waals surface area contributed by atoms with Crippen LogP contribution in [0.2, 0.25) is 0 Å². The monoisotopic (exact) mass is 237 g/mol. The summed E-state index contributed by atoms with van der Waals surface area (Å²) in [6, 6.07) is 0.663. The summed E-state index contributed by atoms with van der Waals surface area (Å²) in [5.41, 5.74) is 0. The minimum Gasteiger partial charge on any atom is -0.462 e. The molecule has 0 radical (unpaired) electrons. The van der Waals surface area contributed by atoms with Gasteiger partial charge in [0.15, 0.2) is 0 Å². The van der Waals surface area contributed by atoms with Gasteiger partial charge in [-0.25, -0.2) is 4.79 Å². The molecule has 3 nitrogen and oxygen atoms in total. The first-order valence-electron chi connectivity index (χ1n) is 6.85. The molecule has 96 valence electrons. The minimum atomic E-state index is -0.194. The van der Waals surface area contributed by atoms with Gasteiger partial charge in [0, 0.05) is 18.0 Å². The number of nitrogens with zero attached hydrogens (tertiary/aromatic N) is 1. The van der Waals surface area contributed by atoms with Crippen molar-refractivity contribution in [2.75, 3.05) is 19.7 Å². The van der Waals surface area contributed by atoms with Gasteiger partial charge in [0.1, 0.15) is 0 Å².